The average molecular weight is 250 g/mol. The summed E-state index contributed by atoms with van der Waals surface area (Å²) in [5.74, 6) is -1.96. The van der Waals surface area contributed by atoms with Crippen molar-refractivity contribution < 1.29 is 18.0 Å². The van der Waals surface area contributed by atoms with E-state index in [-0.39, 0.29) is 5.13 Å². The SMILES string of the molecule is O=C(Nc1nc2c(s1)CCCC2)C(F)(F)F. The highest BCUT2D eigenvalue weighted by Crippen LogP contribution is 2.30. The van der Waals surface area contributed by atoms with Crippen LogP contribution in [0.2, 0.25) is 0 Å². The smallest absolute Gasteiger partial charge is 0.294 e. The molecule has 0 fully saturated rings. The number of nitrogens with one attached hydrogen (secondary N) is 1. The van der Waals surface area contributed by atoms with Crippen LogP contribution in [0.1, 0.15) is 23.4 Å². The first kappa shape index (κ1) is 11.4. The second-order valence-corrected chi connectivity index (χ2v) is 4.63. The molecule has 1 aliphatic carbocycles. The molecule has 0 aromatic carbocycles. The monoisotopic (exact) mass is 250 g/mol. The highest BCUT2D eigenvalue weighted by Gasteiger charge is 2.39. The molecule has 1 heterocycles. The number of fused-ring (bicyclic) bond motifs is 1. The Morgan fingerprint density at radius 2 is 2.00 bits per heavy atom. The van der Waals surface area contributed by atoms with E-state index in [4.69, 9.17) is 0 Å². The number of aromatic nitrogens is 1. The van der Waals surface area contributed by atoms with Crippen molar-refractivity contribution in [1.29, 1.82) is 0 Å². The van der Waals surface area contributed by atoms with E-state index in [2.05, 4.69) is 4.98 Å². The molecule has 1 aliphatic rings. The predicted molar refractivity (Wildman–Crippen MR) is 53.4 cm³/mol. The van der Waals surface area contributed by atoms with Gasteiger partial charge in [0.2, 0.25) is 0 Å². The van der Waals surface area contributed by atoms with Crippen LogP contribution in [0.15, 0.2) is 0 Å². The number of alkyl halides is 3. The zero-order valence-corrected chi connectivity index (χ0v) is 9.04. The molecular formula is C9H9F3N2OS. The van der Waals surface area contributed by atoms with Crippen LogP contribution in [0.3, 0.4) is 0 Å². The Hall–Kier alpha value is -1.11. The molecule has 0 spiro atoms. The Labute approximate surface area is 93.7 Å². The molecule has 3 nitrogen and oxygen atoms in total. The van der Waals surface area contributed by atoms with Gasteiger partial charge in [-0.1, -0.05) is 0 Å². The fourth-order valence-electron chi connectivity index (χ4n) is 1.57. The predicted octanol–water partition coefficient (Wildman–Crippen LogP) is 2.52. The Balaban J connectivity index is 2.11. The van der Waals surface area contributed by atoms with Crippen LogP contribution >= 0.6 is 11.3 Å². The molecule has 88 valence electrons. The summed E-state index contributed by atoms with van der Waals surface area (Å²) < 4.78 is 35.9. The number of hydrogen-bond donors (Lipinski definition) is 1. The van der Waals surface area contributed by atoms with E-state index in [1.54, 1.807) is 5.32 Å². The molecule has 16 heavy (non-hydrogen) atoms. The van der Waals surface area contributed by atoms with E-state index in [1.807, 2.05) is 0 Å². The van der Waals surface area contributed by atoms with Crippen molar-refractivity contribution in [2.24, 2.45) is 0 Å². The first-order valence-corrected chi connectivity index (χ1v) is 5.65. The number of carbonyl (C=O) groups is 1. The Morgan fingerprint density at radius 3 is 2.62 bits per heavy atom. The summed E-state index contributed by atoms with van der Waals surface area (Å²) in [5.41, 5.74) is 0.828. The van der Waals surface area contributed by atoms with Crippen LogP contribution in [0.4, 0.5) is 18.3 Å². The van der Waals surface area contributed by atoms with Crippen molar-refractivity contribution in [3.63, 3.8) is 0 Å². The minimum Gasteiger partial charge on any atom is -0.294 e. The van der Waals surface area contributed by atoms with E-state index in [0.29, 0.717) is 0 Å². The summed E-state index contributed by atoms with van der Waals surface area (Å²) in [6.45, 7) is 0. The highest BCUT2D eigenvalue weighted by molar-refractivity contribution is 7.15. The molecule has 2 rings (SSSR count). The normalized spacial score (nSPS) is 15.7. The number of thiazole rings is 1. The molecule has 0 aliphatic heterocycles. The minimum absolute atomic E-state index is 0.0502. The summed E-state index contributed by atoms with van der Waals surface area (Å²) in [7, 11) is 0. The number of amides is 1. The number of aryl methyl sites for hydroxylation is 2. The van der Waals surface area contributed by atoms with Gasteiger partial charge in [-0.05, 0) is 25.7 Å². The lowest BCUT2D eigenvalue weighted by Gasteiger charge is -2.06. The molecule has 1 aromatic heterocycles. The second kappa shape index (κ2) is 4.04. The number of hydrogen-bond acceptors (Lipinski definition) is 3. The maximum Gasteiger partial charge on any atom is 0.471 e. The average Bonchev–Trinajstić information content (AvgIpc) is 2.58. The molecule has 7 heteroatoms. The fraction of sp³-hybridized carbons (Fsp3) is 0.556. The number of nitrogens with zero attached hydrogens (tertiary/aromatic N) is 1. The molecule has 0 saturated carbocycles. The first-order chi connectivity index (χ1) is 7.47. The molecule has 0 saturated heterocycles. The molecule has 0 unspecified atom stereocenters. The van der Waals surface area contributed by atoms with Gasteiger partial charge in [-0.25, -0.2) is 4.98 Å². The maximum absolute atomic E-state index is 12.0. The minimum atomic E-state index is -4.85. The fourth-order valence-corrected chi connectivity index (χ4v) is 2.62. The molecular weight excluding hydrogens is 241 g/mol. The van der Waals surface area contributed by atoms with Gasteiger partial charge in [0.15, 0.2) is 5.13 Å². The van der Waals surface area contributed by atoms with Crippen LogP contribution in [-0.2, 0) is 17.6 Å². The maximum atomic E-state index is 12.0. The van der Waals surface area contributed by atoms with Crippen LogP contribution in [0.25, 0.3) is 0 Å². The summed E-state index contributed by atoms with van der Waals surface area (Å²) in [6, 6.07) is 0. The van der Waals surface area contributed by atoms with E-state index in [1.165, 1.54) is 0 Å². The van der Waals surface area contributed by atoms with Crippen molar-refractivity contribution in [2.45, 2.75) is 31.9 Å². The van der Waals surface area contributed by atoms with Gasteiger partial charge in [-0.15, -0.1) is 11.3 Å². The summed E-state index contributed by atoms with van der Waals surface area (Å²) in [4.78, 5) is 15.7. The third-order valence-corrected chi connectivity index (χ3v) is 3.40. The molecule has 1 N–H and O–H groups in total. The van der Waals surface area contributed by atoms with Crippen molar-refractivity contribution in [1.82, 2.24) is 4.98 Å². The van der Waals surface area contributed by atoms with Crippen LogP contribution in [-0.4, -0.2) is 17.1 Å². The highest BCUT2D eigenvalue weighted by atomic mass is 32.1. The molecule has 1 aromatic rings. The van der Waals surface area contributed by atoms with Crippen LogP contribution in [0, 0.1) is 0 Å². The second-order valence-electron chi connectivity index (χ2n) is 3.55. The summed E-state index contributed by atoms with van der Waals surface area (Å²) in [5, 5.41) is 1.83. The van der Waals surface area contributed by atoms with Crippen LogP contribution < -0.4 is 5.32 Å². The van der Waals surface area contributed by atoms with E-state index < -0.39 is 12.1 Å². The third-order valence-electron chi connectivity index (χ3n) is 2.32. The van der Waals surface area contributed by atoms with Gasteiger partial charge in [-0.3, -0.25) is 10.1 Å². The number of rotatable bonds is 1. The van der Waals surface area contributed by atoms with Gasteiger partial charge in [0, 0.05) is 4.88 Å². The summed E-state index contributed by atoms with van der Waals surface area (Å²) >= 11 is 1.14. The van der Waals surface area contributed by atoms with Crippen molar-refractivity contribution >= 4 is 22.4 Å². The van der Waals surface area contributed by atoms with Gasteiger partial charge in [0.25, 0.3) is 0 Å². The topological polar surface area (TPSA) is 42.0 Å². The van der Waals surface area contributed by atoms with Gasteiger partial charge in [-0.2, -0.15) is 13.2 Å². The Bertz CT molecular complexity index is 390. The zero-order valence-electron chi connectivity index (χ0n) is 8.23. The lowest BCUT2D eigenvalue weighted by atomic mass is 10.0. The van der Waals surface area contributed by atoms with Gasteiger partial charge < -0.3 is 0 Å². The quantitative estimate of drug-likeness (QED) is 0.832. The largest absolute Gasteiger partial charge is 0.471 e. The Morgan fingerprint density at radius 1 is 1.31 bits per heavy atom. The van der Waals surface area contributed by atoms with Gasteiger partial charge in [0.1, 0.15) is 0 Å². The van der Waals surface area contributed by atoms with Gasteiger partial charge >= 0.3 is 12.1 Å². The lowest BCUT2D eigenvalue weighted by Crippen LogP contribution is -2.29. The van der Waals surface area contributed by atoms with Crippen LogP contribution in [0.5, 0.6) is 0 Å². The number of carbonyl (C=O) groups excluding carboxylic acids is 1. The van der Waals surface area contributed by atoms with E-state index >= 15 is 0 Å². The van der Waals surface area contributed by atoms with E-state index in [0.717, 1.165) is 47.6 Å². The third kappa shape index (κ3) is 2.34. The zero-order chi connectivity index (χ0) is 11.8. The standard InChI is InChI=1S/C9H9F3N2OS/c10-9(11,12)7(15)14-8-13-5-3-1-2-4-6(5)16-8/h1-4H2,(H,13,14,15). The molecule has 0 atom stereocenters. The molecule has 0 bridgehead atoms. The molecule has 1 amide bonds. The number of anilines is 1. The van der Waals surface area contributed by atoms with Crippen molar-refractivity contribution in [3.05, 3.63) is 10.6 Å². The Kier molecular flexibility index (Phi) is 2.88. The van der Waals surface area contributed by atoms with E-state index in [9.17, 15) is 18.0 Å². The molecule has 0 radical (unpaired) electrons. The summed E-state index contributed by atoms with van der Waals surface area (Å²) in [6.07, 6.45) is -1.19. The first-order valence-electron chi connectivity index (χ1n) is 4.83. The lowest BCUT2D eigenvalue weighted by molar-refractivity contribution is -0.167. The van der Waals surface area contributed by atoms with Gasteiger partial charge in [0.05, 0.1) is 5.69 Å². The van der Waals surface area contributed by atoms with Crippen molar-refractivity contribution in [3.8, 4) is 0 Å². The van der Waals surface area contributed by atoms with Crippen molar-refractivity contribution in [2.75, 3.05) is 5.32 Å². The number of halogens is 3.